The summed E-state index contributed by atoms with van der Waals surface area (Å²) in [4.78, 5) is 10.8. The topological polar surface area (TPSA) is 50.4 Å². The van der Waals surface area contributed by atoms with Crippen molar-refractivity contribution in [2.45, 2.75) is 24.7 Å². The van der Waals surface area contributed by atoms with Gasteiger partial charge < -0.3 is 9.52 Å². The number of carbonyl (C=O) groups is 1. The average Bonchev–Trinajstić information content (AvgIpc) is 2.87. The largest absolute Gasteiger partial charge is 0.481 e. The first-order valence-electron chi connectivity index (χ1n) is 5.39. The first-order chi connectivity index (χ1) is 7.70. The first kappa shape index (κ1) is 9.46. The Hall–Kier alpha value is -1.77. The number of rotatable bonds is 3. The molecule has 0 unspecified atom stereocenters. The molecule has 0 bridgehead atoms. The Labute approximate surface area is 92.7 Å². The molecule has 0 spiro atoms. The fourth-order valence-electron chi connectivity index (χ4n) is 2.29. The van der Waals surface area contributed by atoms with Gasteiger partial charge in [0.15, 0.2) is 0 Å². The number of benzene rings is 1. The molecule has 0 aliphatic heterocycles. The van der Waals surface area contributed by atoms with Gasteiger partial charge in [-0.2, -0.15) is 0 Å². The maximum Gasteiger partial charge on any atom is 0.304 e. The van der Waals surface area contributed by atoms with E-state index in [-0.39, 0.29) is 11.8 Å². The Morgan fingerprint density at radius 3 is 2.88 bits per heavy atom. The van der Waals surface area contributed by atoms with Crippen LogP contribution < -0.4 is 0 Å². The van der Waals surface area contributed by atoms with Gasteiger partial charge in [0.1, 0.15) is 5.58 Å². The lowest BCUT2D eigenvalue weighted by molar-refractivity contribution is -0.137. The summed E-state index contributed by atoms with van der Waals surface area (Å²) < 4.78 is 5.34. The van der Waals surface area contributed by atoms with Crippen LogP contribution in [0.2, 0.25) is 0 Å². The number of furan rings is 1. The molecule has 0 radical (unpaired) electrons. The maximum atomic E-state index is 10.8. The number of carboxylic acids is 1. The highest BCUT2D eigenvalue weighted by Gasteiger charge is 2.46. The Morgan fingerprint density at radius 2 is 2.19 bits per heavy atom. The van der Waals surface area contributed by atoms with Crippen LogP contribution >= 0.6 is 0 Å². The van der Waals surface area contributed by atoms with Crippen molar-refractivity contribution in [1.82, 2.24) is 0 Å². The molecule has 3 nitrogen and oxygen atoms in total. The van der Waals surface area contributed by atoms with Gasteiger partial charge in [-0.3, -0.25) is 4.79 Å². The number of hydrogen-bond acceptors (Lipinski definition) is 2. The van der Waals surface area contributed by atoms with Crippen LogP contribution in [0.15, 0.2) is 34.9 Å². The van der Waals surface area contributed by atoms with Crippen molar-refractivity contribution >= 4 is 16.9 Å². The standard InChI is InChI=1S/C13H12O3/c14-12(15)8-13(4-5-13)10-2-1-9-3-6-16-11(9)7-10/h1-3,6-7H,4-5,8H2,(H,14,15). The predicted molar refractivity (Wildman–Crippen MR) is 59.4 cm³/mol. The number of hydrogen-bond donors (Lipinski definition) is 1. The fourth-order valence-corrected chi connectivity index (χ4v) is 2.29. The minimum absolute atomic E-state index is 0.132. The van der Waals surface area contributed by atoms with Gasteiger partial charge >= 0.3 is 5.97 Å². The Kier molecular flexibility index (Phi) is 1.84. The van der Waals surface area contributed by atoms with E-state index in [9.17, 15) is 4.79 Å². The highest BCUT2D eigenvalue weighted by molar-refractivity contribution is 5.79. The third kappa shape index (κ3) is 1.40. The molecule has 1 aromatic carbocycles. The van der Waals surface area contributed by atoms with Gasteiger partial charge in [0.2, 0.25) is 0 Å². The van der Waals surface area contributed by atoms with Crippen molar-refractivity contribution in [2.24, 2.45) is 0 Å². The summed E-state index contributed by atoms with van der Waals surface area (Å²) >= 11 is 0. The zero-order chi connectivity index (χ0) is 11.2. The van der Waals surface area contributed by atoms with Gasteiger partial charge in [0.25, 0.3) is 0 Å². The SMILES string of the molecule is O=C(O)CC1(c2ccc3ccoc3c2)CC1. The summed E-state index contributed by atoms with van der Waals surface area (Å²) in [6, 6.07) is 7.91. The number of aliphatic carboxylic acids is 1. The fraction of sp³-hybridized carbons (Fsp3) is 0.308. The van der Waals surface area contributed by atoms with E-state index in [1.165, 1.54) is 0 Å². The van der Waals surface area contributed by atoms with E-state index in [4.69, 9.17) is 9.52 Å². The highest BCUT2D eigenvalue weighted by atomic mass is 16.4. The molecule has 1 aliphatic rings. The van der Waals surface area contributed by atoms with Crippen LogP contribution in [0.5, 0.6) is 0 Å². The molecule has 1 N–H and O–H groups in total. The minimum atomic E-state index is -0.725. The van der Waals surface area contributed by atoms with E-state index < -0.39 is 5.97 Å². The summed E-state index contributed by atoms with van der Waals surface area (Å²) in [6.45, 7) is 0. The van der Waals surface area contributed by atoms with Crippen molar-refractivity contribution in [3.8, 4) is 0 Å². The number of fused-ring (bicyclic) bond motifs is 1. The second kappa shape index (κ2) is 3.11. The second-order valence-corrected chi connectivity index (χ2v) is 4.52. The lowest BCUT2D eigenvalue weighted by Gasteiger charge is -2.12. The molecule has 0 saturated heterocycles. The van der Waals surface area contributed by atoms with E-state index in [1.54, 1.807) is 6.26 Å². The monoisotopic (exact) mass is 216 g/mol. The van der Waals surface area contributed by atoms with Crippen molar-refractivity contribution in [3.05, 3.63) is 36.1 Å². The summed E-state index contributed by atoms with van der Waals surface area (Å²) in [5.41, 5.74) is 1.80. The third-order valence-corrected chi connectivity index (χ3v) is 3.41. The Balaban J connectivity index is 2.02. The predicted octanol–water partition coefficient (Wildman–Crippen LogP) is 2.94. The van der Waals surface area contributed by atoms with Crippen molar-refractivity contribution < 1.29 is 14.3 Å². The molecule has 0 atom stereocenters. The van der Waals surface area contributed by atoms with Gasteiger partial charge in [-0.25, -0.2) is 0 Å². The van der Waals surface area contributed by atoms with Crippen LogP contribution in [0.1, 0.15) is 24.8 Å². The molecule has 82 valence electrons. The Bertz CT molecular complexity index is 549. The second-order valence-electron chi connectivity index (χ2n) is 4.52. The summed E-state index contributed by atoms with van der Waals surface area (Å²) in [7, 11) is 0. The zero-order valence-electron chi connectivity index (χ0n) is 8.77. The normalized spacial score (nSPS) is 17.5. The molecule has 1 saturated carbocycles. The van der Waals surface area contributed by atoms with Gasteiger partial charge in [-0.1, -0.05) is 12.1 Å². The van der Waals surface area contributed by atoms with Crippen LogP contribution in [0.3, 0.4) is 0 Å². The first-order valence-corrected chi connectivity index (χ1v) is 5.39. The van der Waals surface area contributed by atoms with Crippen LogP contribution in [0.25, 0.3) is 11.0 Å². The van der Waals surface area contributed by atoms with E-state index in [0.29, 0.717) is 0 Å². The summed E-state index contributed by atoms with van der Waals surface area (Å²) in [6.07, 6.45) is 3.81. The summed E-state index contributed by atoms with van der Waals surface area (Å²) in [5.74, 6) is -0.725. The molecule has 1 heterocycles. The van der Waals surface area contributed by atoms with Crippen LogP contribution in [-0.4, -0.2) is 11.1 Å². The smallest absolute Gasteiger partial charge is 0.304 e. The van der Waals surface area contributed by atoms with Crippen molar-refractivity contribution in [2.75, 3.05) is 0 Å². The van der Waals surface area contributed by atoms with E-state index in [2.05, 4.69) is 0 Å². The van der Waals surface area contributed by atoms with E-state index in [0.717, 1.165) is 29.4 Å². The molecule has 1 fully saturated rings. The van der Waals surface area contributed by atoms with E-state index in [1.807, 2.05) is 24.3 Å². The lowest BCUT2D eigenvalue weighted by atomic mass is 9.92. The van der Waals surface area contributed by atoms with Gasteiger partial charge in [-0.15, -0.1) is 0 Å². The van der Waals surface area contributed by atoms with E-state index >= 15 is 0 Å². The Morgan fingerprint density at radius 1 is 1.38 bits per heavy atom. The molecule has 1 aliphatic carbocycles. The zero-order valence-corrected chi connectivity index (χ0v) is 8.77. The average molecular weight is 216 g/mol. The quantitative estimate of drug-likeness (QED) is 0.858. The van der Waals surface area contributed by atoms with Gasteiger partial charge in [0, 0.05) is 10.8 Å². The number of carboxylic acid groups (broad SMARTS) is 1. The van der Waals surface area contributed by atoms with Crippen molar-refractivity contribution in [1.29, 1.82) is 0 Å². The molecule has 0 amide bonds. The van der Waals surface area contributed by atoms with Crippen LogP contribution in [0.4, 0.5) is 0 Å². The molecular weight excluding hydrogens is 204 g/mol. The maximum absolute atomic E-state index is 10.8. The highest BCUT2D eigenvalue weighted by Crippen LogP contribution is 2.51. The van der Waals surface area contributed by atoms with Crippen LogP contribution in [-0.2, 0) is 10.2 Å². The van der Waals surface area contributed by atoms with Gasteiger partial charge in [-0.05, 0) is 30.5 Å². The van der Waals surface area contributed by atoms with Crippen molar-refractivity contribution in [3.63, 3.8) is 0 Å². The molecule has 16 heavy (non-hydrogen) atoms. The summed E-state index contributed by atoms with van der Waals surface area (Å²) in [5, 5.41) is 9.96. The molecule has 2 aromatic rings. The minimum Gasteiger partial charge on any atom is -0.481 e. The molecular formula is C13H12O3. The van der Waals surface area contributed by atoms with Crippen LogP contribution in [0, 0.1) is 0 Å². The van der Waals surface area contributed by atoms with Gasteiger partial charge in [0.05, 0.1) is 12.7 Å². The lowest BCUT2D eigenvalue weighted by Crippen LogP contribution is -2.12. The third-order valence-electron chi connectivity index (χ3n) is 3.41. The molecule has 1 aromatic heterocycles. The molecule has 3 heteroatoms. The molecule has 3 rings (SSSR count).